The van der Waals surface area contributed by atoms with Gasteiger partial charge in [0.25, 0.3) is 5.60 Å². The number of hydrogen-bond donors (Lipinski definition) is 2. The van der Waals surface area contributed by atoms with E-state index in [9.17, 15) is 36.2 Å². The van der Waals surface area contributed by atoms with Crippen molar-refractivity contribution in [3.05, 3.63) is 46.5 Å². The minimum Gasteiger partial charge on any atom is -0.473 e. The average Bonchev–Trinajstić information content (AvgIpc) is 2.85. The van der Waals surface area contributed by atoms with Crippen molar-refractivity contribution in [2.75, 3.05) is 31.6 Å². The standard InChI is InChI=1S/C24H22ClF6N5O4/c1-12-20(35-17-4-3-15(32-2)5-16(17)25)33-11-34-21(12)40-19-13-7-36(8-14(19)10-39-9-13)18(37)6-22(38,23(26,27)28)24(29,30)31/h3-5,11,13-14,19,38H,6-10H2,1H3,(H,33,34,35). The number of benzene rings is 1. The lowest BCUT2D eigenvalue weighted by molar-refractivity contribution is -0.367. The van der Waals surface area contributed by atoms with Gasteiger partial charge in [-0.2, -0.15) is 26.3 Å². The molecule has 3 heterocycles. The number of rotatable bonds is 6. The molecule has 0 spiro atoms. The van der Waals surface area contributed by atoms with Crippen LogP contribution in [0.5, 0.6) is 5.88 Å². The van der Waals surface area contributed by atoms with Crippen molar-refractivity contribution in [1.29, 1.82) is 0 Å². The van der Waals surface area contributed by atoms with Crippen LogP contribution in [-0.2, 0) is 9.53 Å². The first-order chi connectivity index (χ1) is 18.6. The molecule has 2 saturated heterocycles. The molecule has 1 aromatic heterocycles. The number of fused-ring (bicyclic) bond motifs is 2. The Morgan fingerprint density at radius 1 is 1.20 bits per heavy atom. The molecule has 40 heavy (non-hydrogen) atoms. The van der Waals surface area contributed by atoms with Crippen molar-refractivity contribution < 1.29 is 45.7 Å². The van der Waals surface area contributed by atoms with Crippen LogP contribution in [0.15, 0.2) is 24.5 Å². The lowest BCUT2D eigenvalue weighted by Crippen LogP contribution is -2.62. The summed E-state index contributed by atoms with van der Waals surface area (Å²) in [6, 6.07) is 4.64. The highest BCUT2D eigenvalue weighted by Gasteiger charge is 2.71. The minimum atomic E-state index is -6.10. The van der Waals surface area contributed by atoms with Gasteiger partial charge in [-0.1, -0.05) is 17.7 Å². The number of likely N-dealkylation sites (tertiary alicyclic amines) is 1. The van der Waals surface area contributed by atoms with Crippen molar-refractivity contribution in [2.45, 2.75) is 37.4 Å². The maximum Gasteiger partial charge on any atom is 0.426 e. The van der Waals surface area contributed by atoms with Crippen LogP contribution in [0, 0.1) is 25.3 Å². The molecule has 2 aliphatic rings. The van der Waals surface area contributed by atoms with Crippen molar-refractivity contribution in [3.63, 3.8) is 0 Å². The van der Waals surface area contributed by atoms with Gasteiger partial charge < -0.3 is 24.8 Å². The summed E-state index contributed by atoms with van der Waals surface area (Å²) in [4.78, 5) is 25.1. The van der Waals surface area contributed by atoms with E-state index >= 15 is 0 Å². The maximum atomic E-state index is 13.1. The number of ether oxygens (including phenoxy) is 2. The topological polar surface area (TPSA) is 101 Å². The van der Waals surface area contributed by atoms with Crippen molar-refractivity contribution in [1.82, 2.24) is 14.9 Å². The van der Waals surface area contributed by atoms with Crippen LogP contribution in [0.2, 0.25) is 5.02 Å². The molecule has 2 aliphatic heterocycles. The second kappa shape index (κ2) is 10.9. The molecule has 0 aliphatic carbocycles. The third-order valence-corrected chi connectivity index (χ3v) is 7.13. The zero-order valence-electron chi connectivity index (χ0n) is 20.7. The maximum absolute atomic E-state index is 13.1. The lowest BCUT2D eigenvalue weighted by Gasteiger charge is -2.47. The number of halogens is 7. The lowest BCUT2D eigenvalue weighted by atomic mass is 9.84. The van der Waals surface area contributed by atoms with Crippen LogP contribution >= 0.6 is 11.6 Å². The number of alkyl halides is 6. The second-order valence-electron chi connectivity index (χ2n) is 9.52. The van der Waals surface area contributed by atoms with Gasteiger partial charge in [-0.3, -0.25) is 4.79 Å². The molecule has 16 heteroatoms. The fraction of sp³-hybridized carbons (Fsp3) is 0.500. The molecular formula is C24H22ClF6N5O4. The predicted molar refractivity (Wildman–Crippen MR) is 128 cm³/mol. The molecule has 0 saturated carbocycles. The number of nitrogens with one attached hydrogen (secondary N) is 1. The number of hydrogen-bond acceptors (Lipinski definition) is 7. The van der Waals surface area contributed by atoms with Crippen LogP contribution in [0.1, 0.15) is 12.0 Å². The Labute approximate surface area is 228 Å². The first-order valence-corrected chi connectivity index (χ1v) is 12.2. The summed E-state index contributed by atoms with van der Waals surface area (Å²) in [5.41, 5.74) is -3.88. The number of carbonyl (C=O) groups excluding carboxylic acids is 1. The Hall–Kier alpha value is -3.35. The highest BCUT2D eigenvalue weighted by Crippen LogP contribution is 2.46. The molecule has 2 aromatic rings. The third-order valence-electron chi connectivity index (χ3n) is 6.82. The Morgan fingerprint density at radius 3 is 2.38 bits per heavy atom. The smallest absolute Gasteiger partial charge is 0.426 e. The molecule has 2 N–H and O–H groups in total. The first kappa shape index (κ1) is 29.6. The summed E-state index contributed by atoms with van der Waals surface area (Å²) in [6.45, 7) is 8.31. The second-order valence-corrected chi connectivity index (χ2v) is 9.93. The molecule has 2 atom stereocenters. The Morgan fingerprint density at radius 2 is 1.82 bits per heavy atom. The number of carbonyl (C=O) groups is 1. The largest absolute Gasteiger partial charge is 0.473 e. The van der Waals surface area contributed by atoms with Gasteiger partial charge in [0.1, 0.15) is 18.2 Å². The normalized spacial score (nSPS) is 21.5. The number of aromatic nitrogens is 2. The van der Waals surface area contributed by atoms with Crippen molar-refractivity contribution >= 4 is 34.7 Å². The number of anilines is 2. The Bertz CT molecular complexity index is 1290. The Balaban J connectivity index is 1.49. The van der Waals surface area contributed by atoms with E-state index in [-0.39, 0.29) is 37.2 Å². The van der Waals surface area contributed by atoms with Crippen LogP contribution in [-0.4, -0.2) is 76.2 Å². The summed E-state index contributed by atoms with van der Waals surface area (Å²) in [5.74, 6) is -2.17. The van der Waals surface area contributed by atoms with E-state index in [0.29, 0.717) is 22.8 Å². The highest BCUT2D eigenvalue weighted by atomic mass is 35.5. The fourth-order valence-corrected chi connectivity index (χ4v) is 4.82. The van der Waals surface area contributed by atoms with Crippen LogP contribution in [0.4, 0.5) is 43.5 Å². The van der Waals surface area contributed by atoms with E-state index in [1.807, 2.05) is 0 Å². The summed E-state index contributed by atoms with van der Waals surface area (Å²) in [7, 11) is 0. The number of amides is 1. The molecular weight excluding hydrogens is 572 g/mol. The van der Waals surface area contributed by atoms with Crippen LogP contribution in [0.3, 0.4) is 0 Å². The molecule has 4 rings (SSSR count). The van der Waals surface area contributed by atoms with Crippen LogP contribution in [0.25, 0.3) is 4.85 Å². The van der Waals surface area contributed by atoms with Gasteiger partial charge in [-0.05, 0) is 19.1 Å². The molecule has 0 radical (unpaired) electrons. The molecule has 216 valence electrons. The minimum absolute atomic E-state index is 0.0337. The number of nitrogens with zero attached hydrogens (tertiary/aromatic N) is 4. The van der Waals surface area contributed by atoms with E-state index < -0.39 is 48.2 Å². The summed E-state index contributed by atoms with van der Waals surface area (Å²) in [5, 5.41) is 12.8. The predicted octanol–water partition coefficient (Wildman–Crippen LogP) is 4.83. The van der Waals surface area contributed by atoms with Gasteiger partial charge in [-0.15, -0.1) is 0 Å². The van der Waals surface area contributed by atoms with Crippen molar-refractivity contribution in [2.24, 2.45) is 11.8 Å². The van der Waals surface area contributed by atoms with Crippen LogP contribution < -0.4 is 10.1 Å². The van der Waals surface area contributed by atoms with Gasteiger partial charge >= 0.3 is 12.4 Å². The SMILES string of the molecule is [C-]#[N+]c1ccc(Nc2ncnc(OC3C4COCC3CN(C(=O)CC(O)(C(F)(F)F)C(F)(F)F)C4)c2C)c(Cl)c1. The molecule has 1 amide bonds. The molecule has 9 nitrogen and oxygen atoms in total. The van der Waals surface area contributed by atoms with E-state index in [0.717, 1.165) is 4.90 Å². The zero-order valence-corrected chi connectivity index (χ0v) is 21.4. The molecule has 2 unspecified atom stereocenters. The van der Waals surface area contributed by atoms with Gasteiger partial charge in [-0.25, -0.2) is 14.8 Å². The summed E-state index contributed by atoms with van der Waals surface area (Å²) >= 11 is 6.23. The first-order valence-electron chi connectivity index (χ1n) is 11.8. The Kier molecular flexibility index (Phi) is 8.08. The highest BCUT2D eigenvalue weighted by molar-refractivity contribution is 6.33. The monoisotopic (exact) mass is 593 g/mol. The van der Waals surface area contributed by atoms with E-state index in [1.54, 1.807) is 19.1 Å². The summed E-state index contributed by atoms with van der Waals surface area (Å²) in [6.07, 6.45) is -13.8. The van der Waals surface area contributed by atoms with Gasteiger partial charge in [0, 0.05) is 24.9 Å². The van der Waals surface area contributed by atoms with E-state index in [2.05, 4.69) is 20.1 Å². The van der Waals surface area contributed by atoms with E-state index in [1.165, 1.54) is 12.4 Å². The van der Waals surface area contributed by atoms with Crippen molar-refractivity contribution in [3.8, 4) is 5.88 Å². The molecule has 2 fully saturated rings. The molecule has 2 bridgehead atoms. The van der Waals surface area contributed by atoms with E-state index in [4.69, 9.17) is 27.6 Å². The quantitative estimate of drug-likeness (QED) is 0.365. The average molecular weight is 594 g/mol. The number of aliphatic hydroxyl groups is 1. The van der Waals surface area contributed by atoms with Gasteiger partial charge in [0.15, 0.2) is 5.69 Å². The zero-order chi connectivity index (χ0) is 29.5. The third kappa shape index (κ3) is 5.74. The molecule has 1 aromatic carbocycles. The summed E-state index contributed by atoms with van der Waals surface area (Å²) < 4.78 is 90.3. The number of piperidine rings is 1. The fourth-order valence-electron chi connectivity index (χ4n) is 4.60. The van der Waals surface area contributed by atoms with Gasteiger partial charge in [0.2, 0.25) is 11.8 Å². The van der Waals surface area contributed by atoms with Gasteiger partial charge in [0.05, 0.1) is 42.5 Å².